The average Bonchev–Trinajstić information content (AvgIpc) is 2.96. The highest BCUT2D eigenvalue weighted by atomic mass is 32.2. The van der Waals surface area contributed by atoms with Crippen LogP contribution in [0.5, 0.6) is 0 Å². The summed E-state index contributed by atoms with van der Waals surface area (Å²) in [5.41, 5.74) is 1.75. The number of hydrogen-bond acceptors (Lipinski definition) is 3. The number of amides is 1. The van der Waals surface area contributed by atoms with Gasteiger partial charge in [-0.15, -0.1) is 11.8 Å². The molecule has 0 bridgehead atoms. The Kier molecular flexibility index (Phi) is 5.10. The van der Waals surface area contributed by atoms with Crippen molar-refractivity contribution in [2.45, 2.75) is 11.3 Å². The van der Waals surface area contributed by atoms with Crippen molar-refractivity contribution in [1.82, 2.24) is 14.7 Å². The normalized spacial score (nSPS) is 10.9. The van der Waals surface area contributed by atoms with Gasteiger partial charge in [0, 0.05) is 36.3 Å². The first-order valence-corrected chi connectivity index (χ1v) is 8.37. The Balaban J connectivity index is 1.45. The molecular formula is C17H15F2N3OS. The number of imidazole rings is 1. The summed E-state index contributed by atoms with van der Waals surface area (Å²) in [6.07, 6.45) is 4.45. The lowest BCUT2D eigenvalue weighted by Gasteiger charge is -2.05. The second-order valence-electron chi connectivity index (χ2n) is 5.16. The van der Waals surface area contributed by atoms with Crippen molar-refractivity contribution >= 4 is 23.3 Å². The highest BCUT2D eigenvalue weighted by molar-refractivity contribution is 8.00. The SMILES string of the molecule is O=C(CSc1ccc(F)cc1F)NCCc1cn2ccccc2n1. The standard InChI is InChI=1S/C17H15F2N3OS/c18-12-4-5-15(14(19)9-12)24-11-17(23)20-7-6-13-10-22-8-2-1-3-16(22)21-13/h1-5,8-10H,6-7,11H2,(H,20,23). The number of aromatic nitrogens is 2. The molecule has 0 saturated carbocycles. The third-order valence-electron chi connectivity index (χ3n) is 3.37. The van der Waals surface area contributed by atoms with Gasteiger partial charge in [-0.1, -0.05) is 6.07 Å². The number of pyridine rings is 1. The number of carbonyl (C=O) groups excluding carboxylic acids is 1. The summed E-state index contributed by atoms with van der Waals surface area (Å²) >= 11 is 1.04. The number of benzene rings is 1. The highest BCUT2D eigenvalue weighted by Crippen LogP contribution is 2.21. The summed E-state index contributed by atoms with van der Waals surface area (Å²) in [6, 6.07) is 9.07. The summed E-state index contributed by atoms with van der Waals surface area (Å²) in [7, 11) is 0. The van der Waals surface area contributed by atoms with Crippen LogP contribution >= 0.6 is 11.8 Å². The van der Waals surface area contributed by atoms with E-state index in [2.05, 4.69) is 10.3 Å². The van der Waals surface area contributed by atoms with Gasteiger partial charge < -0.3 is 9.72 Å². The fourth-order valence-electron chi connectivity index (χ4n) is 2.22. The molecule has 24 heavy (non-hydrogen) atoms. The van der Waals surface area contributed by atoms with E-state index in [1.807, 2.05) is 35.0 Å². The van der Waals surface area contributed by atoms with Crippen molar-refractivity contribution < 1.29 is 13.6 Å². The van der Waals surface area contributed by atoms with Gasteiger partial charge in [-0.2, -0.15) is 0 Å². The van der Waals surface area contributed by atoms with Gasteiger partial charge in [0.2, 0.25) is 5.91 Å². The van der Waals surface area contributed by atoms with E-state index in [4.69, 9.17) is 0 Å². The minimum Gasteiger partial charge on any atom is -0.355 e. The number of nitrogens with one attached hydrogen (secondary N) is 1. The molecule has 3 rings (SSSR count). The molecule has 0 unspecified atom stereocenters. The predicted octanol–water partition coefficient (Wildman–Crippen LogP) is 3.06. The van der Waals surface area contributed by atoms with Gasteiger partial charge >= 0.3 is 0 Å². The van der Waals surface area contributed by atoms with E-state index >= 15 is 0 Å². The van der Waals surface area contributed by atoms with Crippen LogP contribution < -0.4 is 5.32 Å². The van der Waals surface area contributed by atoms with Crippen LogP contribution in [0.25, 0.3) is 5.65 Å². The van der Waals surface area contributed by atoms with E-state index in [0.29, 0.717) is 13.0 Å². The molecule has 4 nitrogen and oxygen atoms in total. The van der Waals surface area contributed by atoms with Gasteiger partial charge in [-0.3, -0.25) is 4.79 Å². The zero-order valence-electron chi connectivity index (χ0n) is 12.7. The van der Waals surface area contributed by atoms with Gasteiger partial charge in [0.1, 0.15) is 17.3 Å². The average molecular weight is 347 g/mol. The summed E-state index contributed by atoms with van der Waals surface area (Å²) in [6.45, 7) is 0.454. The lowest BCUT2D eigenvalue weighted by molar-refractivity contribution is -0.118. The first-order chi connectivity index (χ1) is 11.6. The second kappa shape index (κ2) is 7.44. The number of carbonyl (C=O) groups is 1. The Labute approximate surface area is 141 Å². The van der Waals surface area contributed by atoms with Gasteiger partial charge in [-0.05, 0) is 24.3 Å². The van der Waals surface area contributed by atoms with Crippen LogP contribution in [-0.2, 0) is 11.2 Å². The Morgan fingerprint density at radius 3 is 2.92 bits per heavy atom. The van der Waals surface area contributed by atoms with Gasteiger partial charge in [0.05, 0.1) is 11.4 Å². The third-order valence-corrected chi connectivity index (χ3v) is 4.42. The fraction of sp³-hybridized carbons (Fsp3) is 0.176. The fourth-order valence-corrected chi connectivity index (χ4v) is 2.97. The van der Waals surface area contributed by atoms with Crippen molar-refractivity contribution in [3.05, 3.63) is 66.1 Å². The van der Waals surface area contributed by atoms with E-state index in [-0.39, 0.29) is 16.6 Å². The maximum atomic E-state index is 13.5. The molecule has 2 heterocycles. The highest BCUT2D eigenvalue weighted by Gasteiger charge is 2.08. The Bertz CT molecular complexity index is 833. The lowest BCUT2D eigenvalue weighted by atomic mass is 10.3. The quantitative estimate of drug-likeness (QED) is 0.697. The summed E-state index contributed by atoms with van der Waals surface area (Å²) in [5, 5.41) is 2.77. The van der Waals surface area contributed by atoms with Crippen LogP contribution in [0.4, 0.5) is 8.78 Å². The number of thioether (sulfide) groups is 1. The maximum absolute atomic E-state index is 13.5. The Hall–Kier alpha value is -2.41. The Morgan fingerprint density at radius 1 is 1.25 bits per heavy atom. The molecule has 3 aromatic rings. The van der Waals surface area contributed by atoms with Crippen LogP contribution in [0.2, 0.25) is 0 Å². The molecule has 0 aliphatic rings. The Morgan fingerprint density at radius 2 is 2.12 bits per heavy atom. The number of hydrogen-bond donors (Lipinski definition) is 1. The van der Waals surface area contributed by atoms with E-state index < -0.39 is 11.6 Å². The van der Waals surface area contributed by atoms with Crippen LogP contribution in [0, 0.1) is 11.6 Å². The zero-order chi connectivity index (χ0) is 16.9. The molecule has 124 valence electrons. The van der Waals surface area contributed by atoms with E-state index in [1.54, 1.807) is 0 Å². The number of rotatable bonds is 6. The van der Waals surface area contributed by atoms with Crippen molar-refractivity contribution in [2.75, 3.05) is 12.3 Å². The van der Waals surface area contributed by atoms with Crippen LogP contribution in [0.3, 0.4) is 0 Å². The molecule has 7 heteroatoms. The smallest absolute Gasteiger partial charge is 0.230 e. The molecule has 0 atom stereocenters. The topological polar surface area (TPSA) is 46.4 Å². The monoisotopic (exact) mass is 347 g/mol. The maximum Gasteiger partial charge on any atom is 0.230 e. The van der Waals surface area contributed by atoms with Crippen molar-refractivity contribution in [1.29, 1.82) is 0 Å². The summed E-state index contributed by atoms with van der Waals surface area (Å²) in [5.74, 6) is -1.41. The molecule has 0 spiro atoms. The molecule has 1 aromatic carbocycles. The zero-order valence-corrected chi connectivity index (χ0v) is 13.5. The first-order valence-electron chi connectivity index (χ1n) is 7.39. The van der Waals surface area contributed by atoms with Crippen molar-refractivity contribution in [2.24, 2.45) is 0 Å². The minimum atomic E-state index is -0.655. The third kappa shape index (κ3) is 4.11. The number of nitrogens with zero attached hydrogens (tertiary/aromatic N) is 2. The molecule has 0 saturated heterocycles. The summed E-state index contributed by atoms with van der Waals surface area (Å²) < 4.78 is 28.2. The molecule has 2 aromatic heterocycles. The lowest BCUT2D eigenvalue weighted by Crippen LogP contribution is -2.27. The van der Waals surface area contributed by atoms with Crippen molar-refractivity contribution in [3.8, 4) is 0 Å². The van der Waals surface area contributed by atoms with E-state index in [9.17, 15) is 13.6 Å². The van der Waals surface area contributed by atoms with Crippen LogP contribution in [0.1, 0.15) is 5.69 Å². The molecular weight excluding hydrogens is 332 g/mol. The van der Waals surface area contributed by atoms with Crippen LogP contribution in [-0.4, -0.2) is 27.6 Å². The number of halogens is 2. The number of fused-ring (bicyclic) bond motifs is 1. The first kappa shape index (κ1) is 16.4. The molecule has 1 N–H and O–H groups in total. The molecule has 0 fully saturated rings. The molecule has 0 aliphatic carbocycles. The van der Waals surface area contributed by atoms with E-state index in [1.165, 1.54) is 12.1 Å². The molecule has 0 radical (unpaired) electrons. The summed E-state index contributed by atoms with van der Waals surface area (Å²) in [4.78, 5) is 16.5. The minimum absolute atomic E-state index is 0.0771. The predicted molar refractivity (Wildman–Crippen MR) is 89.0 cm³/mol. The molecule has 1 amide bonds. The van der Waals surface area contributed by atoms with Gasteiger partial charge in [0.25, 0.3) is 0 Å². The van der Waals surface area contributed by atoms with Crippen molar-refractivity contribution in [3.63, 3.8) is 0 Å². The largest absolute Gasteiger partial charge is 0.355 e. The van der Waals surface area contributed by atoms with Gasteiger partial charge in [0.15, 0.2) is 0 Å². The van der Waals surface area contributed by atoms with Gasteiger partial charge in [-0.25, -0.2) is 13.8 Å². The molecule has 0 aliphatic heterocycles. The second-order valence-corrected chi connectivity index (χ2v) is 6.18. The van der Waals surface area contributed by atoms with Crippen LogP contribution in [0.15, 0.2) is 53.7 Å². The van der Waals surface area contributed by atoms with E-state index in [0.717, 1.165) is 29.2 Å².